The van der Waals surface area contributed by atoms with E-state index in [1.807, 2.05) is 0 Å². The number of nitrogens with two attached hydrogens (primary N) is 2. The van der Waals surface area contributed by atoms with Crippen molar-refractivity contribution in [1.82, 2.24) is 0 Å². The first kappa shape index (κ1) is 14.4. The molecule has 1 aliphatic carbocycles. The number of hydrogen-bond donors (Lipinski definition) is 2. The number of carbonyl (C=O) groups is 2. The standard InChI is InChI=1S/C14H10N2O5S/c15-9-5-1-3-7-11(9)13(17)8-4-2-6-10(12(8)14(7)18)22(19,20)21-16/h1-6H,15-16H2. The Hall–Kier alpha value is -2.55. The van der Waals surface area contributed by atoms with Gasteiger partial charge in [0, 0.05) is 16.8 Å². The molecule has 0 aliphatic heterocycles. The number of rotatable bonds is 2. The maximum absolute atomic E-state index is 12.6. The van der Waals surface area contributed by atoms with Crippen LogP contribution in [0, 0.1) is 0 Å². The van der Waals surface area contributed by atoms with E-state index in [9.17, 15) is 18.0 Å². The fourth-order valence-corrected chi connectivity index (χ4v) is 3.30. The summed E-state index contributed by atoms with van der Waals surface area (Å²) in [7, 11) is -4.34. The zero-order valence-corrected chi connectivity index (χ0v) is 11.9. The Morgan fingerprint density at radius 3 is 2.05 bits per heavy atom. The van der Waals surface area contributed by atoms with Crippen molar-refractivity contribution in [2.45, 2.75) is 4.90 Å². The summed E-state index contributed by atoms with van der Waals surface area (Å²) >= 11 is 0. The van der Waals surface area contributed by atoms with E-state index in [0.29, 0.717) is 0 Å². The molecular weight excluding hydrogens is 308 g/mol. The molecule has 3 rings (SSSR count). The van der Waals surface area contributed by atoms with Crippen LogP contribution in [-0.2, 0) is 14.4 Å². The van der Waals surface area contributed by atoms with E-state index in [4.69, 9.17) is 11.6 Å². The minimum Gasteiger partial charge on any atom is -0.398 e. The second-order valence-corrected chi connectivity index (χ2v) is 6.20. The van der Waals surface area contributed by atoms with Gasteiger partial charge in [-0.1, -0.05) is 24.3 Å². The van der Waals surface area contributed by atoms with Crippen molar-refractivity contribution in [3.8, 4) is 0 Å². The van der Waals surface area contributed by atoms with Gasteiger partial charge in [-0.25, -0.2) is 0 Å². The maximum atomic E-state index is 12.6. The Morgan fingerprint density at radius 1 is 0.864 bits per heavy atom. The third kappa shape index (κ3) is 1.86. The van der Waals surface area contributed by atoms with Crippen LogP contribution >= 0.6 is 0 Å². The molecule has 0 heterocycles. The average Bonchev–Trinajstić information content (AvgIpc) is 2.51. The van der Waals surface area contributed by atoms with Crippen LogP contribution < -0.4 is 11.6 Å². The van der Waals surface area contributed by atoms with Crippen molar-refractivity contribution in [1.29, 1.82) is 0 Å². The van der Waals surface area contributed by atoms with Gasteiger partial charge < -0.3 is 5.73 Å². The fraction of sp³-hybridized carbons (Fsp3) is 0. The highest BCUT2D eigenvalue weighted by atomic mass is 32.2. The topological polar surface area (TPSA) is 130 Å². The normalized spacial score (nSPS) is 13.7. The summed E-state index contributed by atoms with van der Waals surface area (Å²) in [6.07, 6.45) is 0. The van der Waals surface area contributed by atoms with E-state index >= 15 is 0 Å². The molecule has 2 aromatic rings. The van der Waals surface area contributed by atoms with E-state index in [2.05, 4.69) is 4.28 Å². The highest BCUT2D eigenvalue weighted by Gasteiger charge is 2.36. The van der Waals surface area contributed by atoms with E-state index in [-0.39, 0.29) is 27.9 Å². The summed E-state index contributed by atoms with van der Waals surface area (Å²) in [6, 6.07) is 8.28. The Labute approximate surface area is 125 Å². The first-order valence-corrected chi connectivity index (χ1v) is 7.53. The SMILES string of the molecule is NOS(=O)(=O)c1cccc2c1C(=O)c1cccc(N)c1C2=O. The molecule has 0 unspecified atom stereocenters. The summed E-state index contributed by atoms with van der Waals surface area (Å²) < 4.78 is 27.7. The van der Waals surface area contributed by atoms with E-state index < -0.39 is 26.6 Å². The van der Waals surface area contributed by atoms with E-state index in [1.54, 1.807) is 0 Å². The number of benzene rings is 2. The molecule has 0 atom stereocenters. The lowest BCUT2D eigenvalue weighted by Gasteiger charge is -2.20. The van der Waals surface area contributed by atoms with Crippen molar-refractivity contribution in [3.05, 3.63) is 58.7 Å². The molecule has 0 spiro atoms. The Balaban J connectivity index is 2.39. The van der Waals surface area contributed by atoms with Gasteiger partial charge in [-0.05, 0) is 12.1 Å². The van der Waals surface area contributed by atoms with Crippen LogP contribution in [0.15, 0.2) is 41.3 Å². The molecule has 0 fully saturated rings. The smallest absolute Gasteiger partial charge is 0.313 e. The maximum Gasteiger partial charge on any atom is 0.313 e. The molecule has 4 N–H and O–H groups in total. The molecule has 1 aliphatic rings. The molecule has 0 bridgehead atoms. The van der Waals surface area contributed by atoms with Crippen molar-refractivity contribution in [3.63, 3.8) is 0 Å². The van der Waals surface area contributed by atoms with Crippen LogP contribution in [0.25, 0.3) is 0 Å². The van der Waals surface area contributed by atoms with Gasteiger partial charge in [0.05, 0.1) is 11.1 Å². The lowest BCUT2D eigenvalue weighted by Crippen LogP contribution is -2.25. The molecule has 0 saturated heterocycles. The zero-order chi connectivity index (χ0) is 16.1. The fourth-order valence-electron chi connectivity index (χ4n) is 2.50. The van der Waals surface area contributed by atoms with Crippen molar-refractivity contribution >= 4 is 27.4 Å². The summed E-state index contributed by atoms with van der Waals surface area (Å²) in [5.74, 6) is 3.63. The third-order valence-corrected chi connectivity index (χ3v) is 4.59. The average molecular weight is 318 g/mol. The van der Waals surface area contributed by atoms with Crippen molar-refractivity contribution in [2.75, 3.05) is 5.73 Å². The first-order valence-electron chi connectivity index (χ1n) is 6.12. The number of anilines is 1. The molecule has 2 aromatic carbocycles. The van der Waals surface area contributed by atoms with E-state index in [1.165, 1.54) is 30.3 Å². The summed E-state index contributed by atoms with van der Waals surface area (Å²) in [5, 5.41) is 0. The molecule has 0 saturated carbocycles. The predicted molar refractivity (Wildman–Crippen MR) is 76.6 cm³/mol. The molecule has 0 radical (unpaired) electrons. The number of nitrogen functional groups attached to an aromatic ring is 1. The number of ketones is 2. The molecule has 7 nitrogen and oxygen atoms in total. The van der Waals surface area contributed by atoms with Gasteiger partial charge in [-0.2, -0.15) is 18.6 Å². The lowest BCUT2D eigenvalue weighted by molar-refractivity contribution is 0.0977. The molecule has 22 heavy (non-hydrogen) atoms. The van der Waals surface area contributed by atoms with Crippen LogP contribution in [0.1, 0.15) is 31.8 Å². The van der Waals surface area contributed by atoms with Crippen LogP contribution in [0.3, 0.4) is 0 Å². The van der Waals surface area contributed by atoms with Gasteiger partial charge >= 0.3 is 10.1 Å². The Morgan fingerprint density at radius 2 is 1.41 bits per heavy atom. The second kappa shape index (κ2) is 4.73. The van der Waals surface area contributed by atoms with Gasteiger partial charge in [-0.15, -0.1) is 0 Å². The monoisotopic (exact) mass is 318 g/mol. The Kier molecular flexibility index (Phi) is 3.10. The number of fused-ring (bicyclic) bond motifs is 2. The molecule has 0 aromatic heterocycles. The van der Waals surface area contributed by atoms with Crippen LogP contribution in [0.2, 0.25) is 0 Å². The second-order valence-electron chi connectivity index (χ2n) is 4.66. The predicted octanol–water partition coefficient (Wildman–Crippen LogP) is 0.623. The Bertz CT molecular complexity index is 934. The van der Waals surface area contributed by atoms with Gasteiger partial charge in [0.1, 0.15) is 4.90 Å². The number of hydrogen-bond acceptors (Lipinski definition) is 7. The molecule has 0 amide bonds. The largest absolute Gasteiger partial charge is 0.398 e. The number of carbonyl (C=O) groups excluding carboxylic acids is 2. The minimum atomic E-state index is -4.34. The van der Waals surface area contributed by atoms with Crippen LogP contribution in [0.5, 0.6) is 0 Å². The minimum absolute atomic E-state index is 0.0477. The first-order chi connectivity index (χ1) is 10.4. The molecular formula is C14H10N2O5S. The highest BCUT2D eigenvalue weighted by Crippen LogP contribution is 2.34. The summed E-state index contributed by atoms with van der Waals surface area (Å²) in [6.45, 7) is 0. The van der Waals surface area contributed by atoms with Crippen molar-refractivity contribution in [2.24, 2.45) is 5.90 Å². The van der Waals surface area contributed by atoms with Gasteiger partial charge in [0.15, 0.2) is 11.6 Å². The van der Waals surface area contributed by atoms with E-state index in [0.717, 1.165) is 6.07 Å². The summed E-state index contributed by atoms with van der Waals surface area (Å²) in [5.41, 5.74) is 5.75. The zero-order valence-electron chi connectivity index (χ0n) is 11.1. The summed E-state index contributed by atoms with van der Waals surface area (Å²) in [4.78, 5) is 24.7. The lowest BCUT2D eigenvalue weighted by atomic mass is 9.83. The molecule has 8 heteroatoms. The van der Waals surface area contributed by atoms with Crippen LogP contribution in [0.4, 0.5) is 5.69 Å². The third-order valence-electron chi connectivity index (χ3n) is 3.46. The molecule has 112 valence electrons. The van der Waals surface area contributed by atoms with Gasteiger partial charge in [0.25, 0.3) is 0 Å². The van der Waals surface area contributed by atoms with Crippen molar-refractivity contribution < 1.29 is 22.3 Å². The van der Waals surface area contributed by atoms with Gasteiger partial charge in [0.2, 0.25) is 0 Å². The van der Waals surface area contributed by atoms with Gasteiger partial charge in [-0.3, -0.25) is 9.59 Å². The van der Waals surface area contributed by atoms with Crippen LogP contribution in [-0.4, -0.2) is 20.0 Å². The quantitative estimate of drug-likeness (QED) is 0.523. The highest BCUT2D eigenvalue weighted by molar-refractivity contribution is 7.86.